The first-order chi connectivity index (χ1) is 3.79. The molecule has 0 saturated heterocycles. The zero-order valence-corrected chi connectivity index (χ0v) is 4.88. The minimum atomic E-state index is 0.433. The summed E-state index contributed by atoms with van der Waals surface area (Å²) in [5.41, 5.74) is 0. The maximum absolute atomic E-state index is 10.2. The summed E-state index contributed by atoms with van der Waals surface area (Å²) in [6, 6.07) is 3.22. The lowest BCUT2D eigenvalue weighted by atomic mass is 10.6. The van der Waals surface area contributed by atoms with E-state index in [2.05, 4.69) is 17.7 Å². The smallest absolute Gasteiger partial charge is 0.209 e. The van der Waals surface area contributed by atoms with Crippen LogP contribution in [0.25, 0.3) is 0 Å². The Bertz CT molecular complexity index is 174. The SMILES string of the molecule is [O-][n+]1cccc(S)n1. The van der Waals surface area contributed by atoms with Gasteiger partial charge in [-0.05, 0) is 6.07 Å². The molecule has 1 aromatic rings. The van der Waals surface area contributed by atoms with E-state index >= 15 is 0 Å². The van der Waals surface area contributed by atoms with Gasteiger partial charge in [0.1, 0.15) is 0 Å². The van der Waals surface area contributed by atoms with Crippen LogP contribution in [0.15, 0.2) is 23.4 Å². The Kier molecular flexibility index (Phi) is 1.34. The number of hydrogen-bond acceptors (Lipinski definition) is 3. The zero-order chi connectivity index (χ0) is 5.98. The average molecular weight is 128 g/mol. The standard InChI is InChI=1S/C4H4N2OS/c7-6-3-1-2-4(8)5-6/h1-3H,(H,5,8). The molecule has 1 heterocycles. The van der Waals surface area contributed by atoms with Gasteiger partial charge in [0.2, 0.25) is 6.20 Å². The van der Waals surface area contributed by atoms with Crippen LogP contribution in [0.3, 0.4) is 0 Å². The van der Waals surface area contributed by atoms with E-state index in [1.54, 1.807) is 12.1 Å². The van der Waals surface area contributed by atoms with Gasteiger partial charge < -0.3 is 5.21 Å². The summed E-state index contributed by atoms with van der Waals surface area (Å²) in [4.78, 5) is 0.461. The van der Waals surface area contributed by atoms with Crippen molar-refractivity contribution in [2.75, 3.05) is 0 Å². The van der Waals surface area contributed by atoms with E-state index < -0.39 is 0 Å². The molecule has 8 heavy (non-hydrogen) atoms. The van der Waals surface area contributed by atoms with Crippen LogP contribution in [0, 0.1) is 5.21 Å². The van der Waals surface area contributed by atoms with Crippen molar-refractivity contribution in [1.82, 2.24) is 5.10 Å². The van der Waals surface area contributed by atoms with E-state index in [0.717, 1.165) is 0 Å². The van der Waals surface area contributed by atoms with E-state index in [4.69, 9.17) is 0 Å². The van der Waals surface area contributed by atoms with Crippen LogP contribution in [-0.2, 0) is 0 Å². The molecule has 42 valence electrons. The van der Waals surface area contributed by atoms with Crippen LogP contribution in [0.5, 0.6) is 0 Å². The molecule has 0 atom stereocenters. The van der Waals surface area contributed by atoms with Gasteiger partial charge in [0.25, 0.3) is 0 Å². The van der Waals surface area contributed by atoms with E-state index in [-0.39, 0.29) is 0 Å². The van der Waals surface area contributed by atoms with Gasteiger partial charge in [-0.2, -0.15) is 0 Å². The molecule has 3 nitrogen and oxygen atoms in total. The Morgan fingerprint density at radius 3 is 2.88 bits per heavy atom. The molecule has 0 amide bonds. The third kappa shape index (κ3) is 1.10. The monoisotopic (exact) mass is 128 g/mol. The van der Waals surface area contributed by atoms with Crippen molar-refractivity contribution in [3.8, 4) is 0 Å². The van der Waals surface area contributed by atoms with Crippen LogP contribution in [0.2, 0.25) is 0 Å². The minimum absolute atomic E-state index is 0.433. The third-order valence-corrected chi connectivity index (χ3v) is 0.898. The van der Waals surface area contributed by atoms with Crippen LogP contribution in [-0.4, -0.2) is 5.10 Å². The fourth-order valence-corrected chi connectivity index (χ4v) is 0.545. The van der Waals surface area contributed by atoms with Gasteiger partial charge in [0.05, 0.1) is 0 Å². The van der Waals surface area contributed by atoms with Gasteiger partial charge >= 0.3 is 0 Å². The summed E-state index contributed by atoms with van der Waals surface area (Å²) in [5, 5.41) is 14.1. The highest BCUT2D eigenvalue weighted by Crippen LogP contribution is 1.92. The van der Waals surface area contributed by atoms with Crippen LogP contribution >= 0.6 is 12.6 Å². The van der Waals surface area contributed by atoms with E-state index in [9.17, 15) is 5.21 Å². The van der Waals surface area contributed by atoms with Gasteiger partial charge in [-0.25, -0.2) is 0 Å². The van der Waals surface area contributed by atoms with Crippen molar-refractivity contribution in [3.63, 3.8) is 0 Å². The van der Waals surface area contributed by atoms with Crippen molar-refractivity contribution in [2.24, 2.45) is 0 Å². The highest BCUT2D eigenvalue weighted by atomic mass is 32.1. The molecular formula is C4H4N2OS. The average Bonchev–Trinajstić information content (AvgIpc) is 1.64. The summed E-state index contributed by atoms with van der Waals surface area (Å²) in [5.74, 6) is 0. The Labute approximate surface area is 52.0 Å². The first-order valence-corrected chi connectivity index (χ1v) is 2.49. The largest absolute Gasteiger partial charge is 0.594 e. The number of nitrogens with zero attached hydrogens (tertiary/aromatic N) is 2. The quantitative estimate of drug-likeness (QED) is 0.303. The second kappa shape index (κ2) is 2.00. The minimum Gasteiger partial charge on any atom is -0.594 e. The second-order valence-electron chi connectivity index (χ2n) is 1.27. The highest BCUT2D eigenvalue weighted by molar-refractivity contribution is 7.80. The molecule has 0 fully saturated rings. The lowest BCUT2D eigenvalue weighted by molar-refractivity contribution is -0.672. The molecule has 0 aliphatic carbocycles. The summed E-state index contributed by atoms with van der Waals surface area (Å²) < 4.78 is 0. The Morgan fingerprint density at radius 2 is 2.50 bits per heavy atom. The van der Waals surface area contributed by atoms with Crippen LogP contribution < -0.4 is 4.85 Å². The van der Waals surface area contributed by atoms with E-state index in [0.29, 0.717) is 9.87 Å². The molecule has 0 aliphatic rings. The highest BCUT2D eigenvalue weighted by Gasteiger charge is 1.88. The molecule has 0 aliphatic heterocycles. The number of thiol groups is 1. The first-order valence-electron chi connectivity index (χ1n) is 2.04. The molecule has 0 radical (unpaired) electrons. The number of rotatable bonds is 0. The molecule has 0 saturated carbocycles. The molecule has 1 aromatic heterocycles. The lowest BCUT2D eigenvalue weighted by Gasteiger charge is -1.88. The molecule has 4 heteroatoms. The van der Waals surface area contributed by atoms with Gasteiger partial charge in [-0.3, -0.25) is 0 Å². The van der Waals surface area contributed by atoms with Crippen LogP contribution in [0.1, 0.15) is 0 Å². The fraction of sp³-hybridized carbons (Fsp3) is 0. The van der Waals surface area contributed by atoms with E-state index in [1.165, 1.54) is 6.20 Å². The van der Waals surface area contributed by atoms with Crippen molar-refractivity contribution in [3.05, 3.63) is 23.5 Å². The maximum atomic E-state index is 10.2. The summed E-state index contributed by atoms with van der Waals surface area (Å²) in [7, 11) is 0. The van der Waals surface area contributed by atoms with Crippen LogP contribution in [0.4, 0.5) is 0 Å². The second-order valence-corrected chi connectivity index (χ2v) is 1.73. The molecule has 1 rings (SSSR count). The summed E-state index contributed by atoms with van der Waals surface area (Å²) in [6.07, 6.45) is 1.31. The third-order valence-electron chi connectivity index (χ3n) is 0.660. The van der Waals surface area contributed by atoms with Crippen molar-refractivity contribution in [2.45, 2.75) is 5.03 Å². The molecular weight excluding hydrogens is 124 g/mol. The maximum Gasteiger partial charge on any atom is 0.209 e. The molecule has 0 unspecified atom stereocenters. The number of aromatic nitrogens is 2. The first kappa shape index (κ1) is 5.37. The van der Waals surface area contributed by atoms with Gasteiger partial charge in [-0.15, -0.1) is 12.6 Å². The zero-order valence-electron chi connectivity index (χ0n) is 3.98. The Balaban J connectivity index is 3.08. The van der Waals surface area contributed by atoms with Crippen molar-refractivity contribution < 1.29 is 4.85 Å². The molecule has 0 bridgehead atoms. The normalized spacial score (nSPS) is 9.12. The Hall–Kier alpha value is -0.770. The fourth-order valence-electron chi connectivity index (χ4n) is 0.370. The van der Waals surface area contributed by atoms with E-state index in [1.807, 2.05) is 0 Å². The summed E-state index contributed by atoms with van der Waals surface area (Å²) in [6.45, 7) is 0. The lowest BCUT2D eigenvalue weighted by Crippen LogP contribution is -2.29. The number of hydrogen-bond donors (Lipinski definition) is 1. The summed E-state index contributed by atoms with van der Waals surface area (Å²) >= 11 is 3.82. The van der Waals surface area contributed by atoms with Gasteiger partial charge in [0, 0.05) is 11.2 Å². The predicted octanol–water partition coefficient (Wildman–Crippen LogP) is 0.00370. The topological polar surface area (TPSA) is 39.8 Å². The van der Waals surface area contributed by atoms with Crippen molar-refractivity contribution >= 4 is 12.6 Å². The van der Waals surface area contributed by atoms with Gasteiger partial charge in [-0.1, -0.05) is 4.85 Å². The molecule has 0 N–H and O–H groups in total. The van der Waals surface area contributed by atoms with Crippen molar-refractivity contribution in [1.29, 1.82) is 0 Å². The molecule has 0 spiro atoms. The molecule has 0 aromatic carbocycles. The van der Waals surface area contributed by atoms with Gasteiger partial charge in [0.15, 0.2) is 5.03 Å². The Morgan fingerprint density at radius 1 is 1.75 bits per heavy atom. The predicted molar refractivity (Wildman–Crippen MR) is 30.4 cm³/mol.